The Morgan fingerprint density at radius 2 is 2.21 bits per heavy atom. The molecule has 5 heteroatoms. The summed E-state index contributed by atoms with van der Waals surface area (Å²) in [5, 5.41) is 2.47. The van der Waals surface area contributed by atoms with Gasteiger partial charge in [0.1, 0.15) is 11.9 Å². The van der Waals surface area contributed by atoms with Gasteiger partial charge in [0.25, 0.3) is 5.91 Å². The van der Waals surface area contributed by atoms with Gasteiger partial charge < -0.3 is 11.1 Å². The second-order valence-electron chi connectivity index (χ2n) is 3.24. The highest BCUT2D eigenvalue weighted by Gasteiger charge is 2.31. The van der Waals surface area contributed by atoms with Gasteiger partial charge >= 0.3 is 0 Å². The van der Waals surface area contributed by atoms with Crippen molar-refractivity contribution in [3.05, 3.63) is 23.4 Å². The minimum absolute atomic E-state index is 0.298. The van der Waals surface area contributed by atoms with E-state index in [0.717, 1.165) is 5.56 Å². The van der Waals surface area contributed by atoms with Crippen LogP contribution in [0.5, 0.6) is 0 Å². The average Bonchev–Trinajstić information content (AvgIpc) is 2.16. The van der Waals surface area contributed by atoms with Crippen LogP contribution in [-0.4, -0.2) is 22.7 Å². The molecule has 1 aliphatic heterocycles. The van der Waals surface area contributed by atoms with Crippen LogP contribution in [0, 0.1) is 6.92 Å². The number of aryl methyl sites for hydroxylation is 1. The van der Waals surface area contributed by atoms with Crippen LogP contribution < -0.4 is 11.1 Å². The number of anilines is 1. The molecule has 0 spiro atoms. The van der Waals surface area contributed by atoms with E-state index in [2.05, 4.69) is 10.3 Å². The number of hydrogen-bond donors (Lipinski definition) is 2. The maximum atomic E-state index is 11.6. The first kappa shape index (κ1) is 8.83. The summed E-state index contributed by atoms with van der Waals surface area (Å²) < 4.78 is 0. The highest BCUT2D eigenvalue weighted by atomic mass is 16.2. The van der Waals surface area contributed by atoms with Gasteiger partial charge in [-0.1, -0.05) is 0 Å². The Kier molecular flexibility index (Phi) is 1.82. The number of carbonyl (C=O) groups is 2. The number of rotatable bonds is 0. The lowest BCUT2D eigenvalue weighted by Gasteiger charge is -2.19. The van der Waals surface area contributed by atoms with Gasteiger partial charge in [0, 0.05) is 6.20 Å². The van der Waals surface area contributed by atoms with Crippen molar-refractivity contribution >= 4 is 17.5 Å². The van der Waals surface area contributed by atoms with Crippen molar-refractivity contribution in [2.45, 2.75) is 13.0 Å². The van der Waals surface area contributed by atoms with Gasteiger partial charge in [0.05, 0.1) is 5.56 Å². The number of amides is 1. The number of nitrogens with zero attached hydrogens (tertiary/aromatic N) is 1. The quantitative estimate of drug-likeness (QED) is 0.558. The zero-order valence-corrected chi connectivity index (χ0v) is 7.57. The molecular weight excluding hydrogens is 182 g/mol. The molecule has 1 atom stereocenters. The summed E-state index contributed by atoms with van der Waals surface area (Å²) in [5.41, 5.74) is 6.65. The fraction of sp³-hybridized carbons (Fsp3) is 0.222. The molecule has 0 bridgehead atoms. The fourth-order valence-electron chi connectivity index (χ4n) is 1.34. The third-order valence-electron chi connectivity index (χ3n) is 2.10. The van der Waals surface area contributed by atoms with Crippen LogP contribution in [0.2, 0.25) is 0 Å². The van der Waals surface area contributed by atoms with E-state index in [9.17, 15) is 9.59 Å². The third-order valence-corrected chi connectivity index (χ3v) is 2.10. The lowest BCUT2D eigenvalue weighted by Crippen LogP contribution is -2.46. The maximum Gasteiger partial charge on any atom is 0.250 e. The predicted octanol–water partition coefficient (Wildman–Crippen LogP) is -0.148. The van der Waals surface area contributed by atoms with Crippen molar-refractivity contribution in [3.8, 4) is 0 Å². The van der Waals surface area contributed by atoms with Crippen LogP contribution in [0.1, 0.15) is 15.9 Å². The molecule has 72 valence electrons. The summed E-state index contributed by atoms with van der Waals surface area (Å²) >= 11 is 0. The van der Waals surface area contributed by atoms with Crippen LogP contribution >= 0.6 is 0 Å². The van der Waals surface area contributed by atoms with E-state index in [1.807, 2.05) is 6.92 Å². The molecule has 2 heterocycles. The number of fused-ring (bicyclic) bond motifs is 1. The van der Waals surface area contributed by atoms with Gasteiger partial charge in [-0.15, -0.1) is 0 Å². The van der Waals surface area contributed by atoms with E-state index in [0.29, 0.717) is 11.4 Å². The molecule has 0 aliphatic carbocycles. The van der Waals surface area contributed by atoms with Gasteiger partial charge in [0.2, 0.25) is 0 Å². The molecule has 14 heavy (non-hydrogen) atoms. The number of Topliss-reactive ketones (excluding diaryl/α,β-unsaturated/α-hetero) is 1. The zero-order valence-electron chi connectivity index (χ0n) is 7.57. The topological polar surface area (TPSA) is 85.1 Å². The van der Waals surface area contributed by atoms with E-state index < -0.39 is 11.9 Å². The summed E-state index contributed by atoms with van der Waals surface area (Å²) in [6, 6.07) is 0.565. The largest absolute Gasteiger partial charge is 0.313 e. The van der Waals surface area contributed by atoms with Gasteiger partial charge in [-0.25, -0.2) is 4.98 Å². The van der Waals surface area contributed by atoms with Crippen molar-refractivity contribution in [1.82, 2.24) is 4.98 Å². The Labute approximate surface area is 80.3 Å². The van der Waals surface area contributed by atoms with E-state index in [4.69, 9.17) is 5.73 Å². The van der Waals surface area contributed by atoms with Gasteiger partial charge in [-0.3, -0.25) is 9.59 Å². The Morgan fingerprint density at radius 1 is 1.50 bits per heavy atom. The zero-order chi connectivity index (χ0) is 10.3. The predicted molar refractivity (Wildman–Crippen MR) is 49.9 cm³/mol. The van der Waals surface area contributed by atoms with E-state index in [1.54, 1.807) is 12.3 Å². The van der Waals surface area contributed by atoms with Crippen LogP contribution in [-0.2, 0) is 4.79 Å². The van der Waals surface area contributed by atoms with Crippen LogP contribution in [0.4, 0.5) is 5.82 Å². The molecule has 0 saturated heterocycles. The van der Waals surface area contributed by atoms with Gasteiger partial charge in [-0.05, 0) is 18.6 Å². The number of nitrogens with two attached hydrogens (primary N) is 1. The van der Waals surface area contributed by atoms with Gasteiger partial charge in [-0.2, -0.15) is 0 Å². The van der Waals surface area contributed by atoms with Crippen LogP contribution in [0.3, 0.4) is 0 Å². The van der Waals surface area contributed by atoms with Crippen LogP contribution in [0.25, 0.3) is 0 Å². The molecule has 5 nitrogen and oxygen atoms in total. The Balaban J connectivity index is 2.57. The van der Waals surface area contributed by atoms with E-state index in [1.165, 1.54) is 0 Å². The summed E-state index contributed by atoms with van der Waals surface area (Å²) in [5.74, 6) is -0.578. The molecule has 1 aliphatic rings. The highest BCUT2D eigenvalue weighted by Crippen LogP contribution is 2.19. The highest BCUT2D eigenvalue weighted by molar-refractivity contribution is 6.22. The number of hydrogen-bond acceptors (Lipinski definition) is 4. The smallest absolute Gasteiger partial charge is 0.250 e. The fourth-order valence-corrected chi connectivity index (χ4v) is 1.34. The molecule has 0 radical (unpaired) electrons. The molecule has 2 rings (SSSR count). The molecule has 1 aromatic rings. The summed E-state index contributed by atoms with van der Waals surface area (Å²) in [6.07, 6.45) is 1.59. The van der Waals surface area contributed by atoms with Crippen molar-refractivity contribution in [2.24, 2.45) is 5.73 Å². The van der Waals surface area contributed by atoms with E-state index >= 15 is 0 Å². The van der Waals surface area contributed by atoms with Crippen molar-refractivity contribution in [3.63, 3.8) is 0 Å². The van der Waals surface area contributed by atoms with Crippen molar-refractivity contribution < 1.29 is 9.59 Å². The van der Waals surface area contributed by atoms with Crippen LogP contribution in [0.15, 0.2) is 12.3 Å². The first-order valence-corrected chi connectivity index (χ1v) is 4.17. The number of nitrogens with one attached hydrogen (secondary N) is 1. The lowest BCUT2D eigenvalue weighted by atomic mass is 10.00. The second-order valence-corrected chi connectivity index (χ2v) is 3.24. The molecule has 1 amide bonds. The minimum Gasteiger partial charge on any atom is -0.313 e. The number of aromatic nitrogens is 1. The Bertz CT molecular complexity index is 428. The standard InChI is InChI=1S/C9H9N3O2/c1-4-2-5-7(13)6(10)9(14)12-8(5)11-3-4/h2-3,6H,10H2,1H3,(H,11,12,14). The summed E-state index contributed by atoms with van der Waals surface area (Å²) in [6.45, 7) is 1.82. The minimum atomic E-state index is -1.11. The molecule has 0 aromatic carbocycles. The second kappa shape index (κ2) is 2.88. The molecule has 1 aromatic heterocycles. The Morgan fingerprint density at radius 3 is 2.93 bits per heavy atom. The summed E-state index contributed by atoms with van der Waals surface area (Å²) in [7, 11) is 0. The van der Waals surface area contributed by atoms with Gasteiger partial charge in [0.15, 0.2) is 5.78 Å². The molecule has 1 unspecified atom stereocenters. The molecule has 3 N–H and O–H groups in total. The summed E-state index contributed by atoms with van der Waals surface area (Å²) in [4.78, 5) is 26.7. The average molecular weight is 191 g/mol. The third kappa shape index (κ3) is 1.18. The lowest BCUT2D eigenvalue weighted by molar-refractivity contribution is -0.116. The molecule has 0 fully saturated rings. The molecular formula is C9H9N3O2. The monoisotopic (exact) mass is 191 g/mol. The SMILES string of the molecule is Cc1cnc2c(c1)C(=O)C(N)C(=O)N2. The van der Waals surface area contributed by atoms with Crippen molar-refractivity contribution in [2.75, 3.05) is 5.32 Å². The normalized spacial score (nSPS) is 20.3. The van der Waals surface area contributed by atoms with Crippen molar-refractivity contribution in [1.29, 1.82) is 0 Å². The first-order chi connectivity index (χ1) is 6.59. The molecule has 0 saturated carbocycles. The number of pyridine rings is 1. The first-order valence-electron chi connectivity index (χ1n) is 4.17. The number of ketones is 1. The van der Waals surface area contributed by atoms with E-state index in [-0.39, 0.29) is 5.78 Å². The maximum absolute atomic E-state index is 11.6. The Hall–Kier alpha value is -1.75. The number of carbonyl (C=O) groups excluding carboxylic acids is 2.